The van der Waals surface area contributed by atoms with Gasteiger partial charge in [0, 0.05) is 37.7 Å². The van der Waals surface area contributed by atoms with Crippen molar-refractivity contribution >= 4 is 44.2 Å². The van der Waals surface area contributed by atoms with Crippen LogP contribution in [0.5, 0.6) is 0 Å². The number of ketones is 1. The summed E-state index contributed by atoms with van der Waals surface area (Å²) in [6.45, 7) is 0. The standard InChI is InChI=1S/C15H9BrClNO/c16-12-2-1-3-13-14(12)11(8-18-13)15(19)9-4-6-10(17)7-5-9/h1-8,18H. The van der Waals surface area contributed by atoms with E-state index in [9.17, 15) is 4.79 Å². The molecule has 2 nitrogen and oxygen atoms in total. The van der Waals surface area contributed by atoms with E-state index in [1.54, 1.807) is 30.5 Å². The molecule has 0 saturated carbocycles. The van der Waals surface area contributed by atoms with Crippen molar-refractivity contribution in [3.05, 3.63) is 69.3 Å². The normalized spacial score (nSPS) is 10.8. The maximum atomic E-state index is 12.5. The summed E-state index contributed by atoms with van der Waals surface area (Å²) in [5.74, 6) is -0.0187. The number of halogens is 2. The van der Waals surface area contributed by atoms with Crippen molar-refractivity contribution in [1.29, 1.82) is 0 Å². The van der Waals surface area contributed by atoms with E-state index in [-0.39, 0.29) is 5.78 Å². The van der Waals surface area contributed by atoms with Gasteiger partial charge in [-0.2, -0.15) is 0 Å². The molecule has 3 rings (SSSR count). The predicted molar refractivity (Wildman–Crippen MR) is 80.9 cm³/mol. The molecule has 0 saturated heterocycles. The molecule has 3 aromatic rings. The van der Waals surface area contributed by atoms with Gasteiger partial charge in [-0.1, -0.05) is 33.6 Å². The number of carbonyl (C=O) groups excluding carboxylic acids is 1. The third-order valence-corrected chi connectivity index (χ3v) is 3.92. The number of aromatic amines is 1. The lowest BCUT2D eigenvalue weighted by atomic mass is 10.0. The molecule has 0 bridgehead atoms. The summed E-state index contributed by atoms with van der Waals surface area (Å²) in [5.41, 5.74) is 2.22. The molecule has 2 aromatic carbocycles. The summed E-state index contributed by atoms with van der Waals surface area (Å²) in [6, 6.07) is 12.7. The first-order valence-electron chi connectivity index (χ1n) is 5.72. The Morgan fingerprint density at radius 3 is 2.58 bits per heavy atom. The maximum Gasteiger partial charge on any atom is 0.195 e. The van der Waals surface area contributed by atoms with Crippen LogP contribution in [0.2, 0.25) is 5.02 Å². The Morgan fingerprint density at radius 1 is 1.11 bits per heavy atom. The second-order valence-corrected chi connectivity index (χ2v) is 5.49. The fraction of sp³-hybridized carbons (Fsp3) is 0. The van der Waals surface area contributed by atoms with E-state index in [2.05, 4.69) is 20.9 Å². The first kappa shape index (κ1) is 12.5. The van der Waals surface area contributed by atoms with Crippen LogP contribution in [0, 0.1) is 0 Å². The van der Waals surface area contributed by atoms with Crippen molar-refractivity contribution < 1.29 is 4.79 Å². The Balaban J connectivity index is 2.14. The van der Waals surface area contributed by atoms with Gasteiger partial charge in [-0.3, -0.25) is 4.79 Å². The molecule has 0 atom stereocenters. The van der Waals surface area contributed by atoms with Gasteiger partial charge in [0.05, 0.1) is 0 Å². The van der Waals surface area contributed by atoms with Crippen LogP contribution in [0.25, 0.3) is 10.9 Å². The molecule has 0 aliphatic carbocycles. The summed E-state index contributed by atoms with van der Waals surface area (Å²) in [6.07, 6.45) is 1.74. The molecule has 1 N–H and O–H groups in total. The predicted octanol–water partition coefficient (Wildman–Crippen LogP) is 4.81. The van der Waals surface area contributed by atoms with E-state index in [1.165, 1.54) is 0 Å². The number of fused-ring (bicyclic) bond motifs is 1. The van der Waals surface area contributed by atoms with Gasteiger partial charge in [-0.15, -0.1) is 0 Å². The van der Waals surface area contributed by atoms with Gasteiger partial charge in [-0.25, -0.2) is 0 Å². The van der Waals surface area contributed by atoms with Crippen molar-refractivity contribution in [2.75, 3.05) is 0 Å². The Morgan fingerprint density at radius 2 is 1.84 bits per heavy atom. The van der Waals surface area contributed by atoms with Crippen LogP contribution >= 0.6 is 27.5 Å². The van der Waals surface area contributed by atoms with Gasteiger partial charge in [0.15, 0.2) is 5.78 Å². The summed E-state index contributed by atoms with van der Waals surface area (Å²) in [5, 5.41) is 1.53. The van der Waals surface area contributed by atoms with Crippen LogP contribution in [0.15, 0.2) is 53.1 Å². The van der Waals surface area contributed by atoms with Gasteiger partial charge in [0.25, 0.3) is 0 Å². The number of nitrogens with one attached hydrogen (secondary N) is 1. The molecule has 0 radical (unpaired) electrons. The number of benzene rings is 2. The van der Waals surface area contributed by atoms with Crippen LogP contribution < -0.4 is 0 Å². The number of hydrogen-bond acceptors (Lipinski definition) is 1. The van der Waals surface area contributed by atoms with Crippen LogP contribution in [0.4, 0.5) is 0 Å². The largest absolute Gasteiger partial charge is 0.360 e. The second-order valence-electron chi connectivity index (χ2n) is 4.20. The van der Waals surface area contributed by atoms with E-state index in [1.807, 2.05) is 18.2 Å². The molecule has 4 heteroatoms. The molecule has 0 aliphatic rings. The van der Waals surface area contributed by atoms with Crippen LogP contribution in [-0.4, -0.2) is 10.8 Å². The van der Waals surface area contributed by atoms with Gasteiger partial charge in [0.2, 0.25) is 0 Å². The minimum atomic E-state index is -0.0187. The molecule has 0 spiro atoms. The molecule has 1 aromatic heterocycles. The Labute approximate surface area is 123 Å². The number of hydrogen-bond donors (Lipinski definition) is 1. The van der Waals surface area contributed by atoms with E-state index in [0.717, 1.165) is 15.4 Å². The van der Waals surface area contributed by atoms with E-state index in [0.29, 0.717) is 16.1 Å². The average molecular weight is 335 g/mol. The third kappa shape index (κ3) is 2.20. The Kier molecular flexibility index (Phi) is 3.17. The minimum Gasteiger partial charge on any atom is -0.360 e. The summed E-state index contributed by atoms with van der Waals surface area (Å²) in [4.78, 5) is 15.6. The fourth-order valence-corrected chi connectivity index (χ4v) is 2.78. The highest BCUT2D eigenvalue weighted by Crippen LogP contribution is 2.28. The van der Waals surface area contributed by atoms with Crippen molar-refractivity contribution in [2.24, 2.45) is 0 Å². The SMILES string of the molecule is O=C(c1ccc(Cl)cc1)c1c[nH]c2cccc(Br)c12. The highest BCUT2D eigenvalue weighted by molar-refractivity contribution is 9.10. The van der Waals surface area contributed by atoms with Gasteiger partial charge < -0.3 is 4.98 Å². The molecule has 94 valence electrons. The maximum absolute atomic E-state index is 12.5. The molecular formula is C15H9BrClNO. The van der Waals surface area contributed by atoms with Gasteiger partial charge >= 0.3 is 0 Å². The number of aromatic nitrogens is 1. The molecule has 0 fully saturated rings. The van der Waals surface area contributed by atoms with Crippen molar-refractivity contribution in [3.63, 3.8) is 0 Å². The molecule has 1 heterocycles. The van der Waals surface area contributed by atoms with Crippen molar-refractivity contribution in [3.8, 4) is 0 Å². The van der Waals surface area contributed by atoms with Gasteiger partial charge in [0.1, 0.15) is 0 Å². The smallest absolute Gasteiger partial charge is 0.195 e. The zero-order valence-electron chi connectivity index (χ0n) is 9.78. The molecule has 0 unspecified atom stereocenters. The third-order valence-electron chi connectivity index (χ3n) is 3.01. The Hall–Kier alpha value is -1.58. The zero-order valence-corrected chi connectivity index (χ0v) is 12.1. The molecule has 0 aliphatic heterocycles. The molecular weight excluding hydrogens is 326 g/mol. The van der Waals surface area contributed by atoms with E-state index in [4.69, 9.17) is 11.6 Å². The monoisotopic (exact) mass is 333 g/mol. The number of rotatable bonds is 2. The highest BCUT2D eigenvalue weighted by atomic mass is 79.9. The Bertz CT molecular complexity index is 761. The minimum absolute atomic E-state index is 0.0187. The lowest BCUT2D eigenvalue weighted by Gasteiger charge is -2.01. The van der Waals surface area contributed by atoms with Crippen molar-refractivity contribution in [1.82, 2.24) is 4.98 Å². The van der Waals surface area contributed by atoms with Crippen molar-refractivity contribution in [2.45, 2.75) is 0 Å². The molecule has 0 amide bonds. The zero-order chi connectivity index (χ0) is 13.4. The second kappa shape index (κ2) is 4.83. The van der Waals surface area contributed by atoms with E-state index >= 15 is 0 Å². The van der Waals surface area contributed by atoms with E-state index < -0.39 is 0 Å². The highest BCUT2D eigenvalue weighted by Gasteiger charge is 2.15. The molecule has 19 heavy (non-hydrogen) atoms. The summed E-state index contributed by atoms with van der Waals surface area (Å²) in [7, 11) is 0. The van der Waals surface area contributed by atoms with Gasteiger partial charge in [-0.05, 0) is 36.4 Å². The number of H-pyrrole nitrogens is 1. The lowest BCUT2D eigenvalue weighted by Crippen LogP contribution is -2.00. The topological polar surface area (TPSA) is 32.9 Å². The van der Waals surface area contributed by atoms with Crippen LogP contribution in [0.3, 0.4) is 0 Å². The first-order chi connectivity index (χ1) is 9.16. The lowest BCUT2D eigenvalue weighted by molar-refractivity contribution is 0.104. The van der Waals surface area contributed by atoms with Crippen LogP contribution in [0.1, 0.15) is 15.9 Å². The first-order valence-corrected chi connectivity index (χ1v) is 6.90. The number of carbonyl (C=O) groups is 1. The average Bonchev–Trinajstić information content (AvgIpc) is 2.84. The fourth-order valence-electron chi connectivity index (χ4n) is 2.08. The quantitative estimate of drug-likeness (QED) is 0.670. The summed E-state index contributed by atoms with van der Waals surface area (Å²) >= 11 is 9.32. The summed E-state index contributed by atoms with van der Waals surface area (Å²) < 4.78 is 0.906. The van der Waals surface area contributed by atoms with Crippen LogP contribution in [-0.2, 0) is 0 Å².